The molecule has 31 heavy (non-hydrogen) atoms. The lowest BCUT2D eigenvalue weighted by Gasteiger charge is -2.31. The molecule has 0 aliphatic carbocycles. The van der Waals surface area contributed by atoms with E-state index >= 15 is 0 Å². The Morgan fingerprint density at radius 1 is 1.03 bits per heavy atom. The Labute approximate surface area is 181 Å². The highest BCUT2D eigenvalue weighted by Gasteiger charge is 2.21. The molecule has 4 rings (SSSR count). The zero-order chi connectivity index (χ0) is 21.5. The topological polar surface area (TPSA) is 54.5 Å². The van der Waals surface area contributed by atoms with Gasteiger partial charge in [-0.15, -0.1) is 0 Å². The molecule has 0 atom stereocenters. The molecule has 0 saturated carbocycles. The summed E-state index contributed by atoms with van der Waals surface area (Å²) in [5.41, 5.74) is 2.51. The Morgan fingerprint density at radius 2 is 1.77 bits per heavy atom. The van der Waals surface area contributed by atoms with Crippen LogP contribution in [-0.4, -0.2) is 35.0 Å². The number of carbonyl (C=O) groups is 1. The average Bonchev–Trinajstić information content (AvgIpc) is 2.81. The molecule has 1 amide bonds. The zero-order valence-corrected chi connectivity index (χ0v) is 17.3. The first kappa shape index (κ1) is 21.0. The SMILES string of the molecule is O=C(NCc1ccc(F)cc1)c1ccc(OC2CCN(Cc3ccccn3)CC2)cc1. The van der Waals surface area contributed by atoms with Crippen molar-refractivity contribution in [2.75, 3.05) is 13.1 Å². The minimum atomic E-state index is -0.287. The number of nitrogens with one attached hydrogen (secondary N) is 1. The summed E-state index contributed by atoms with van der Waals surface area (Å²) < 4.78 is 19.1. The van der Waals surface area contributed by atoms with E-state index in [4.69, 9.17) is 4.74 Å². The molecule has 1 aromatic heterocycles. The maximum Gasteiger partial charge on any atom is 0.251 e. The van der Waals surface area contributed by atoms with E-state index in [0.29, 0.717) is 12.1 Å². The molecule has 1 aliphatic rings. The van der Waals surface area contributed by atoms with Gasteiger partial charge in [0.15, 0.2) is 0 Å². The van der Waals surface area contributed by atoms with Gasteiger partial charge in [0.25, 0.3) is 5.91 Å². The fourth-order valence-corrected chi connectivity index (χ4v) is 3.67. The van der Waals surface area contributed by atoms with Gasteiger partial charge >= 0.3 is 0 Å². The number of nitrogens with zero attached hydrogens (tertiary/aromatic N) is 2. The number of aromatic nitrogens is 1. The molecule has 6 heteroatoms. The number of hydrogen-bond acceptors (Lipinski definition) is 4. The number of likely N-dealkylation sites (tertiary alicyclic amines) is 1. The van der Waals surface area contributed by atoms with E-state index < -0.39 is 0 Å². The lowest BCUT2D eigenvalue weighted by Crippen LogP contribution is -2.37. The third kappa shape index (κ3) is 6.12. The summed E-state index contributed by atoms with van der Waals surface area (Å²) in [6, 6.07) is 19.3. The standard InChI is InChI=1S/C25H26FN3O2/c26-21-8-4-19(5-9-21)17-28-25(30)20-6-10-23(11-7-20)31-24-12-15-29(16-13-24)18-22-3-1-2-14-27-22/h1-11,14,24H,12-13,15-18H2,(H,28,30). The van der Waals surface area contributed by atoms with Crippen molar-refractivity contribution in [3.8, 4) is 5.75 Å². The molecule has 3 aromatic rings. The molecular weight excluding hydrogens is 393 g/mol. The van der Waals surface area contributed by atoms with Gasteiger partial charge < -0.3 is 10.1 Å². The highest BCUT2D eigenvalue weighted by atomic mass is 19.1. The van der Waals surface area contributed by atoms with Crippen LogP contribution in [0, 0.1) is 5.82 Å². The maximum absolute atomic E-state index is 13.0. The van der Waals surface area contributed by atoms with Gasteiger partial charge in [-0.05, 0) is 66.9 Å². The molecule has 0 unspecified atom stereocenters. The van der Waals surface area contributed by atoms with Crippen LogP contribution in [0.3, 0.4) is 0 Å². The normalized spacial score (nSPS) is 14.9. The van der Waals surface area contributed by atoms with Crippen LogP contribution in [0.5, 0.6) is 5.75 Å². The van der Waals surface area contributed by atoms with Crippen molar-refractivity contribution in [1.29, 1.82) is 0 Å². The lowest BCUT2D eigenvalue weighted by molar-refractivity contribution is 0.0947. The summed E-state index contributed by atoms with van der Waals surface area (Å²) in [6.07, 6.45) is 3.94. The molecule has 0 spiro atoms. The van der Waals surface area contributed by atoms with Crippen LogP contribution < -0.4 is 10.1 Å². The molecule has 1 saturated heterocycles. The Kier molecular flexibility index (Phi) is 6.89. The number of rotatable bonds is 7. The highest BCUT2D eigenvalue weighted by Crippen LogP contribution is 2.20. The van der Waals surface area contributed by atoms with Crippen molar-refractivity contribution in [2.24, 2.45) is 0 Å². The Morgan fingerprint density at radius 3 is 2.45 bits per heavy atom. The van der Waals surface area contributed by atoms with Crippen molar-refractivity contribution in [2.45, 2.75) is 32.0 Å². The smallest absolute Gasteiger partial charge is 0.251 e. The predicted octanol–water partition coefficient (Wildman–Crippen LogP) is 4.19. The zero-order valence-electron chi connectivity index (χ0n) is 17.3. The van der Waals surface area contributed by atoms with Crippen LogP contribution in [0.15, 0.2) is 72.9 Å². The molecule has 0 radical (unpaired) electrons. The van der Waals surface area contributed by atoms with E-state index in [1.807, 2.05) is 30.5 Å². The van der Waals surface area contributed by atoms with Crippen LogP contribution in [0.25, 0.3) is 0 Å². The average molecular weight is 420 g/mol. The molecule has 5 nitrogen and oxygen atoms in total. The molecule has 2 aromatic carbocycles. The minimum absolute atomic E-state index is 0.168. The summed E-state index contributed by atoms with van der Waals surface area (Å²) in [5, 5.41) is 2.85. The second-order valence-electron chi connectivity index (χ2n) is 7.75. The van der Waals surface area contributed by atoms with Gasteiger partial charge in [-0.1, -0.05) is 18.2 Å². The number of amides is 1. The number of ether oxygens (including phenoxy) is 1. The van der Waals surface area contributed by atoms with Gasteiger partial charge in [0.2, 0.25) is 0 Å². The minimum Gasteiger partial charge on any atom is -0.490 e. The van der Waals surface area contributed by atoms with Crippen molar-refractivity contribution >= 4 is 5.91 Å². The summed E-state index contributed by atoms with van der Waals surface area (Å²) in [6.45, 7) is 3.18. The number of halogens is 1. The van der Waals surface area contributed by atoms with Crippen LogP contribution in [0.4, 0.5) is 4.39 Å². The monoisotopic (exact) mass is 419 g/mol. The number of piperidine rings is 1. The van der Waals surface area contributed by atoms with E-state index in [-0.39, 0.29) is 17.8 Å². The van der Waals surface area contributed by atoms with Crippen LogP contribution >= 0.6 is 0 Å². The molecule has 0 bridgehead atoms. The Bertz CT molecular complexity index is 970. The van der Waals surface area contributed by atoms with Gasteiger partial charge in [-0.25, -0.2) is 4.39 Å². The highest BCUT2D eigenvalue weighted by molar-refractivity contribution is 5.94. The maximum atomic E-state index is 13.0. The quantitative estimate of drug-likeness (QED) is 0.624. The summed E-state index contributed by atoms with van der Waals surface area (Å²) in [7, 11) is 0. The lowest BCUT2D eigenvalue weighted by atomic mass is 10.1. The first-order chi connectivity index (χ1) is 15.2. The molecule has 1 N–H and O–H groups in total. The largest absolute Gasteiger partial charge is 0.490 e. The fraction of sp³-hybridized carbons (Fsp3) is 0.280. The fourth-order valence-electron chi connectivity index (χ4n) is 3.67. The molecular formula is C25H26FN3O2. The first-order valence-electron chi connectivity index (χ1n) is 10.6. The van der Waals surface area contributed by atoms with Crippen molar-refractivity contribution in [1.82, 2.24) is 15.2 Å². The van der Waals surface area contributed by atoms with E-state index in [0.717, 1.165) is 49.5 Å². The number of carbonyl (C=O) groups excluding carboxylic acids is 1. The number of benzene rings is 2. The number of hydrogen-bond donors (Lipinski definition) is 1. The predicted molar refractivity (Wildman–Crippen MR) is 117 cm³/mol. The summed E-state index contributed by atoms with van der Waals surface area (Å²) in [5.74, 6) is 0.321. The molecule has 1 aliphatic heterocycles. The van der Waals surface area contributed by atoms with Crippen molar-refractivity contribution < 1.29 is 13.9 Å². The van der Waals surface area contributed by atoms with Gasteiger partial charge in [-0.2, -0.15) is 0 Å². The van der Waals surface area contributed by atoms with Crippen LogP contribution in [-0.2, 0) is 13.1 Å². The second kappa shape index (κ2) is 10.2. The third-order valence-corrected chi connectivity index (χ3v) is 5.43. The second-order valence-corrected chi connectivity index (χ2v) is 7.75. The molecule has 160 valence electrons. The van der Waals surface area contributed by atoms with Gasteiger partial charge in [0.05, 0.1) is 5.69 Å². The van der Waals surface area contributed by atoms with E-state index in [1.165, 1.54) is 12.1 Å². The summed E-state index contributed by atoms with van der Waals surface area (Å²) in [4.78, 5) is 19.1. The van der Waals surface area contributed by atoms with E-state index in [1.54, 1.807) is 24.3 Å². The molecule has 2 heterocycles. The third-order valence-electron chi connectivity index (χ3n) is 5.43. The van der Waals surface area contributed by atoms with Crippen molar-refractivity contribution in [3.05, 3.63) is 95.6 Å². The summed E-state index contributed by atoms with van der Waals surface area (Å²) >= 11 is 0. The van der Waals surface area contributed by atoms with Crippen LogP contribution in [0.2, 0.25) is 0 Å². The Hall–Kier alpha value is -3.25. The van der Waals surface area contributed by atoms with Gasteiger partial charge in [0.1, 0.15) is 17.7 Å². The molecule has 1 fully saturated rings. The van der Waals surface area contributed by atoms with E-state index in [2.05, 4.69) is 21.3 Å². The van der Waals surface area contributed by atoms with E-state index in [9.17, 15) is 9.18 Å². The van der Waals surface area contributed by atoms with Crippen LogP contribution in [0.1, 0.15) is 34.5 Å². The number of pyridine rings is 1. The van der Waals surface area contributed by atoms with Gasteiger partial charge in [0, 0.05) is 37.9 Å². The van der Waals surface area contributed by atoms with Gasteiger partial charge in [-0.3, -0.25) is 14.7 Å². The van der Waals surface area contributed by atoms with Crippen molar-refractivity contribution in [3.63, 3.8) is 0 Å². The first-order valence-corrected chi connectivity index (χ1v) is 10.6. The Balaban J connectivity index is 1.22.